The molecule has 2 aromatic carbocycles. The molecule has 34 heavy (non-hydrogen) atoms. The lowest BCUT2D eigenvalue weighted by molar-refractivity contribution is -0.119. The Morgan fingerprint density at radius 3 is 2.32 bits per heavy atom. The van der Waals surface area contributed by atoms with E-state index in [0.29, 0.717) is 5.69 Å². The molecule has 1 fully saturated rings. The van der Waals surface area contributed by atoms with Gasteiger partial charge < -0.3 is 15.0 Å². The highest BCUT2D eigenvalue weighted by atomic mass is 16.5. The van der Waals surface area contributed by atoms with Crippen LogP contribution in [0.3, 0.4) is 0 Å². The van der Waals surface area contributed by atoms with E-state index < -0.39 is 18.5 Å². The van der Waals surface area contributed by atoms with Crippen LogP contribution >= 0.6 is 0 Å². The zero-order valence-corrected chi connectivity index (χ0v) is 19.0. The van der Waals surface area contributed by atoms with Crippen molar-refractivity contribution in [1.29, 1.82) is 0 Å². The maximum absolute atomic E-state index is 12.2. The average Bonchev–Trinajstić information content (AvgIpc) is 2.86. The van der Waals surface area contributed by atoms with Gasteiger partial charge in [0.2, 0.25) is 0 Å². The zero-order valence-electron chi connectivity index (χ0n) is 19.0. The van der Waals surface area contributed by atoms with Gasteiger partial charge in [0.1, 0.15) is 0 Å². The van der Waals surface area contributed by atoms with Crippen LogP contribution in [0.15, 0.2) is 71.5 Å². The number of aryl methyl sites for hydroxylation is 1. The molecule has 1 aliphatic heterocycles. The first-order chi connectivity index (χ1) is 16.5. The van der Waals surface area contributed by atoms with Gasteiger partial charge in [0, 0.05) is 57.2 Å². The summed E-state index contributed by atoms with van der Waals surface area (Å²) in [4.78, 5) is 40.3. The van der Waals surface area contributed by atoms with Crippen LogP contribution in [0.2, 0.25) is 0 Å². The molecule has 9 nitrogen and oxygen atoms in total. The molecule has 0 bridgehead atoms. The van der Waals surface area contributed by atoms with Gasteiger partial charge in [-0.05, 0) is 35.9 Å². The number of anilines is 2. The average molecular weight is 462 g/mol. The molecule has 1 amide bonds. The van der Waals surface area contributed by atoms with Gasteiger partial charge in [0.25, 0.3) is 11.5 Å². The van der Waals surface area contributed by atoms with Crippen LogP contribution in [0.1, 0.15) is 16.1 Å². The fourth-order valence-electron chi connectivity index (χ4n) is 3.77. The van der Waals surface area contributed by atoms with Crippen molar-refractivity contribution < 1.29 is 14.3 Å². The fraction of sp³-hybridized carbons (Fsp3) is 0.280. The minimum atomic E-state index is -0.771. The monoisotopic (exact) mass is 461 g/mol. The SMILES string of the molecule is Cn1nc(C(=O)OCC(=O)Nc2ccc(N3CCN(Cc4ccccc4)CC3)cc2)ccc1=O. The lowest BCUT2D eigenvalue weighted by Crippen LogP contribution is -2.45. The summed E-state index contributed by atoms with van der Waals surface area (Å²) < 4.78 is 6.02. The first-order valence-electron chi connectivity index (χ1n) is 11.1. The summed E-state index contributed by atoms with van der Waals surface area (Å²) in [7, 11) is 1.43. The first kappa shape index (κ1) is 23.2. The Kier molecular flexibility index (Phi) is 7.34. The number of rotatable bonds is 7. The van der Waals surface area contributed by atoms with Crippen LogP contribution in [-0.2, 0) is 23.1 Å². The van der Waals surface area contributed by atoms with Crippen LogP contribution in [0.4, 0.5) is 11.4 Å². The Balaban J connectivity index is 1.22. The molecule has 1 saturated heterocycles. The fourth-order valence-corrected chi connectivity index (χ4v) is 3.77. The van der Waals surface area contributed by atoms with E-state index in [-0.39, 0.29) is 11.3 Å². The van der Waals surface area contributed by atoms with Crippen molar-refractivity contribution in [3.05, 3.63) is 88.3 Å². The summed E-state index contributed by atoms with van der Waals surface area (Å²) in [6, 6.07) is 20.6. The number of carbonyl (C=O) groups excluding carboxylic acids is 2. The number of nitrogens with one attached hydrogen (secondary N) is 1. The molecular formula is C25H27N5O4. The summed E-state index contributed by atoms with van der Waals surface area (Å²) >= 11 is 0. The van der Waals surface area contributed by atoms with Gasteiger partial charge in [0.15, 0.2) is 12.3 Å². The third-order valence-corrected chi connectivity index (χ3v) is 5.64. The minimum Gasteiger partial charge on any atom is -0.451 e. The molecule has 1 aromatic heterocycles. The number of hydrogen-bond acceptors (Lipinski definition) is 7. The Morgan fingerprint density at radius 1 is 0.941 bits per heavy atom. The predicted octanol–water partition coefficient (Wildman–Crippen LogP) is 1.90. The van der Waals surface area contributed by atoms with Gasteiger partial charge in [-0.15, -0.1) is 0 Å². The van der Waals surface area contributed by atoms with E-state index in [4.69, 9.17) is 4.74 Å². The van der Waals surface area contributed by atoms with Crippen molar-refractivity contribution in [3.63, 3.8) is 0 Å². The van der Waals surface area contributed by atoms with E-state index >= 15 is 0 Å². The normalized spacial score (nSPS) is 14.0. The second kappa shape index (κ2) is 10.8. The molecule has 0 unspecified atom stereocenters. The van der Waals surface area contributed by atoms with Crippen molar-refractivity contribution in [2.24, 2.45) is 7.05 Å². The number of piperazine rings is 1. The summed E-state index contributed by atoms with van der Waals surface area (Å²) in [5, 5.41) is 6.52. The smallest absolute Gasteiger partial charge is 0.359 e. The number of hydrogen-bond donors (Lipinski definition) is 1. The van der Waals surface area contributed by atoms with Gasteiger partial charge in [-0.1, -0.05) is 30.3 Å². The van der Waals surface area contributed by atoms with Gasteiger partial charge >= 0.3 is 5.97 Å². The summed E-state index contributed by atoms with van der Waals surface area (Å²) in [6.45, 7) is 4.37. The van der Waals surface area contributed by atoms with Gasteiger partial charge in [0.05, 0.1) is 0 Å². The Labute approximate surface area is 197 Å². The largest absolute Gasteiger partial charge is 0.451 e. The van der Waals surface area contributed by atoms with Crippen LogP contribution in [0.25, 0.3) is 0 Å². The molecular weight excluding hydrogens is 434 g/mol. The lowest BCUT2D eigenvalue weighted by Gasteiger charge is -2.36. The number of carbonyl (C=O) groups is 2. The quantitative estimate of drug-likeness (QED) is 0.537. The minimum absolute atomic E-state index is 0.0388. The number of ether oxygens (including phenoxy) is 1. The van der Waals surface area contributed by atoms with Crippen LogP contribution in [0, 0.1) is 0 Å². The number of amides is 1. The van der Waals surface area contributed by atoms with E-state index in [2.05, 4.69) is 44.5 Å². The predicted molar refractivity (Wildman–Crippen MR) is 129 cm³/mol. The standard InChI is InChI=1S/C25H27N5O4/c1-28-24(32)12-11-22(27-28)25(33)34-18-23(31)26-20-7-9-21(10-8-20)30-15-13-29(14-16-30)17-19-5-3-2-4-6-19/h2-12H,13-18H2,1H3,(H,26,31). The molecule has 0 saturated carbocycles. The van der Waals surface area contributed by atoms with Crippen molar-refractivity contribution in [1.82, 2.24) is 14.7 Å². The van der Waals surface area contributed by atoms with Gasteiger partial charge in [-0.3, -0.25) is 14.5 Å². The summed E-state index contributed by atoms with van der Waals surface area (Å²) in [5.74, 6) is -1.23. The maximum Gasteiger partial charge on any atom is 0.359 e. The van der Waals surface area contributed by atoms with E-state index in [1.54, 1.807) is 0 Å². The molecule has 0 aliphatic carbocycles. The van der Waals surface area contributed by atoms with E-state index in [1.165, 1.54) is 24.7 Å². The molecule has 0 atom stereocenters. The van der Waals surface area contributed by atoms with Crippen LogP contribution < -0.4 is 15.8 Å². The van der Waals surface area contributed by atoms with Crippen molar-refractivity contribution in [3.8, 4) is 0 Å². The van der Waals surface area contributed by atoms with Crippen LogP contribution in [-0.4, -0.2) is 59.3 Å². The second-order valence-electron chi connectivity index (χ2n) is 8.10. The van der Waals surface area contributed by atoms with E-state index in [1.807, 2.05) is 30.3 Å². The summed E-state index contributed by atoms with van der Waals surface area (Å²) in [6.07, 6.45) is 0. The molecule has 2 heterocycles. The number of benzene rings is 2. The number of aromatic nitrogens is 2. The van der Waals surface area contributed by atoms with Gasteiger partial charge in [-0.2, -0.15) is 5.10 Å². The van der Waals surface area contributed by atoms with E-state index in [9.17, 15) is 14.4 Å². The van der Waals surface area contributed by atoms with Crippen molar-refractivity contribution >= 4 is 23.3 Å². The molecule has 3 aromatic rings. The molecule has 9 heteroatoms. The molecule has 4 rings (SSSR count). The molecule has 1 N–H and O–H groups in total. The molecule has 0 spiro atoms. The van der Waals surface area contributed by atoms with Crippen molar-refractivity contribution in [2.45, 2.75) is 6.54 Å². The maximum atomic E-state index is 12.2. The topological polar surface area (TPSA) is 96.8 Å². The highest BCUT2D eigenvalue weighted by Gasteiger charge is 2.18. The molecule has 1 aliphatic rings. The highest BCUT2D eigenvalue weighted by Crippen LogP contribution is 2.20. The Hall–Kier alpha value is -3.98. The Bertz CT molecular complexity index is 1190. The number of nitrogens with zero attached hydrogens (tertiary/aromatic N) is 4. The first-order valence-corrected chi connectivity index (χ1v) is 11.1. The summed E-state index contributed by atoms with van der Waals surface area (Å²) in [5.41, 5.74) is 2.67. The highest BCUT2D eigenvalue weighted by molar-refractivity contribution is 5.94. The molecule has 0 radical (unpaired) electrons. The second-order valence-corrected chi connectivity index (χ2v) is 8.10. The van der Waals surface area contributed by atoms with Crippen LogP contribution in [0.5, 0.6) is 0 Å². The lowest BCUT2D eigenvalue weighted by atomic mass is 10.2. The van der Waals surface area contributed by atoms with E-state index in [0.717, 1.165) is 43.1 Å². The Morgan fingerprint density at radius 2 is 1.65 bits per heavy atom. The van der Waals surface area contributed by atoms with Gasteiger partial charge in [-0.25, -0.2) is 9.48 Å². The van der Waals surface area contributed by atoms with Crippen molar-refractivity contribution in [2.75, 3.05) is 43.0 Å². The third-order valence-electron chi connectivity index (χ3n) is 5.64. The third kappa shape index (κ3) is 6.08. The number of esters is 1. The zero-order chi connectivity index (χ0) is 23.9. The molecule has 176 valence electrons.